The summed E-state index contributed by atoms with van der Waals surface area (Å²) < 4.78 is 28.6. The Hall–Kier alpha value is -0.620. The van der Waals surface area contributed by atoms with E-state index in [1.165, 1.54) is 24.8 Å². The third kappa shape index (κ3) is 3.96. The molecule has 0 radical (unpaired) electrons. The van der Waals surface area contributed by atoms with E-state index in [-0.39, 0.29) is 11.5 Å². The lowest BCUT2D eigenvalue weighted by Gasteiger charge is -2.12. The van der Waals surface area contributed by atoms with Gasteiger partial charge < -0.3 is 4.74 Å². The first-order valence-electron chi connectivity index (χ1n) is 4.73. The number of Topliss-reactive ketones (excluding diaryl/α,β-unsaturated/α-hetero) is 1. The lowest BCUT2D eigenvalue weighted by Crippen LogP contribution is -2.05. The van der Waals surface area contributed by atoms with E-state index in [2.05, 4.69) is 20.7 Å². The Balaban J connectivity index is 3.03. The molecular weight excluding hydrogens is 314 g/mol. The molecule has 0 aromatic heterocycles. The molecule has 0 saturated carbocycles. The zero-order chi connectivity index (χ0) is 13.0. The normalized spacial score (nSPS) is 12.6. The van der Waals surface area contributed by atoms with Crippen molar-refractivity contribution in [2.24, 2.45) is 0 Å². The number of carbonyl (C=O) groups is 1. The molecule has 6 heteroatoms. The largest absolute Gasteiger partial charge is 0.434 e. The highest BCUT2D eigenvalue weighted by Gasteiger charge is 2.16. The molecule has 1 unspecified atom stereocenters. The first-order valence-corrected chi connectivity index (χ1v) is 6.87. The number of rotatable bonds is 5. The van der Waals surface area contributed by atoms with E-state index in [0.29, 0.717) is 4.90 Å². The van der Waals surface area contributed by atoms with Crippen molar-refractivity contribution in [1.82, 2.24) is 0 Å². The van der Waals surface area contributed by atoms with Gasteiger partial charge in [-0.3, -0.25) is 4.79 Å². The van der Waals surface area contributed by atoms with Gasteiger partial charge in [-0.15, -0.1) is 11.8 Å². The van der Waals surface area contributed by atoms with Crippen LogP contribution in [0.1, 0.15) is 17.3 Å². The Morgan fingerprint density at radius 1 is 1.47 bits per heavy atom. The molecule has 1 rings (SSSR count). The standard InChI is InChI=1S/C11H11BrF2O2S/c1-6(15)10(12)7-3-4-8(16-11(13)14)9(5-7)17-2/h3-5,10-11H,1-2H3. The fourth-order valence-corrected chi connectivity index (χ4v) is 2.13. The molecule has 0 heterocycles. The molecule has 0 aliphatic heterocycles. The molecule has 17 heavy (non-hydrogen) atoms. The molecule has 0 aliphatic rings. The van der Waals surface area contributed by atoms with Crippen LogP contribution < -0.4 is 4.74 Å². The van der Waals surface area contributed by atoms with E-state index in [1.54, 1.807) is 18.4 Å². The average molecular weight is 325 g/mol. The number of ketones is 1. The molecule has 0 aliphatic carbocycles. The maximum Gasteiger partial charge on any atom is 0.387 e. The predicted octanol–water partition coefficient (Wildman–Crippen LogP) is 4.03. The van der Waals surface area contributed by atoms with E-state index in [1.807, 2.05) is 0 Å². The molecule has 94 valence electrons. The lowest BCUT2D eigenvalue weighted by atomic mass is 10.1. The Kier molecular flexibility index (Phi) is 5.39. The maximum atomic E-state index is 12.1. The number of thioether (sulfide) groups is 1. The molecule has 0 N–H and O–H groups in total. The van der Waals surface area contributed by atoms with E-state index < -0.39 is 11.4 Å². The number of carbonyl (C=O) groups excluding carboxylic acids is 1. The summed E-state index contributed by atoms with van der Waals surface area (Å²) in [6.45, 7) is -1.39. The summed E-state index contributed by atoms with van der Waals surface area (Å²) in [5.41, 5.74) is 0.725. The SMILES string of the molecule is CSc1cc(C(Br)C(C)=O)ccc1OC(F)F. The minimum Gasteiger partial charge on any atom is -0.434 e. The van der Waals surface area contributed by atoms with Crippen molar-refractivity contribution >= 4 is 33.5 Å². The van der Waals surface area contributed by atoms with Gasteiger partial charge in [0.25, 0.3) is 0 Å². The van der Waals surface area contributed by atoms with Crippen molar-refractivity contribution in [2.45, 2.75) is 23.3 Å². The second kappa shape index (κ2) is 6.35. The maximum absolute atomic E-state index is 12.1. The highest BCUT2D eigenvalue weighted by atomic mass is 79.9. The van der Waals surface area contributed by atoms with Crippen molar-refractivity contribution in [3.05, 3.63) is 23.8 Å². The molecule has 0 saturated heterocycles. The highest BCUT2D eigenvalue weighted by molar-refractivity contribution is 9.09. The summed E-state index contributed by atoms with van der Waals surface area (Å²) in [5, 5.41) is 0. The first-order chi connectivity index (χ1) is 7.95. The summed E-state index contributed by atoms with van der Waals surface area (Å²) in [4.78, 5) is 11.4. The number of ether oxygens (including phenoxy) is 1. The smallest absolute Gasteiger partial charge is 0.387 e. The van der Waals surface area contributed by atoms with Gasteiger partial charge in [0.15, 0.2) is 0 Å². The topological polar surface area (TPSA) is 26.3 Å². The Labute approximate surface area is 111 Å². The van der Waals surface area contributed by atoms with E-state index >= 15 is 0 Å². The average Bonchev–Trinajstić information content (AvgIpc) is 2.27. The van der Waals surface area contributed by atoms with Crippen molar-refractivity contribution in [1.29, 1.82) is 0 Å². The van der Waals surface area contributed by atoms with Crippen LogP contribution in [0.5, 0.6) is 5.75 Å². The Bertz CT molecular complexity index is 412. The predicted molar refractivity (Wildman–Crippen MR) is 67.2 cm³/mol. The van der Waals surface area contributed by atoms with Crippen LogP contribution in [0.4, 0.5) is 8.78 Å². The number of hydrogen-bond donors (Lipinski definition) is 0. The second-order valence-corrected chi connectivity index (χ2v) is 5.03. The fraction of sp³-hybridized carbons (Fsp3) is 0.364. The third-order valence-electron chi connectivity index (χ3n) is 2.05. The quantitative estimate of drug-likeness (QED) is 0.604. The summed E-state index contributed by atoms with van der Waals surface area (Å²) in [7, 11) is 0. The zero-order valence-corrected chi connectivity index (χ0v) is 11.6. The molecule has 1 aromatic rings. The van der Waals surface area contributed by atoms with Gasteiger partial charge in [0, 0.05) is 4.90 Å². The number of hydrogen-bond acceptors (Lipinski definition) is 3. The number of alkyl halides is 3. The fourth-order valence-electron chi connectivity index (χ4n) is 1.27. The highest BCUT2D eigenvalue weighted by Crippen LogP contribution is 2.34. The van der Waals surface area contributed by atoms with Crippen LogP contribution >= 0.6 is 27.7 Å². The minimum absolute atomic E-state index is 0.0421. The van der Waals surface area contributed by atoms with Crippen LogP contribution in [0.3, 0.4) is 0 Å². The first kappa shape index (κ1) is 14.4. The van der Waals surface area contributed by atoms with Crippen molar-refractivity contribution in [3.8, 4) is 5.75 Å². The summed E-state index contributed by atoms with van der Waals surface area (Å²) >= 11 is 4.53. The second-order valence-electron chi connectivity index (χ2n) is 3.26. The van der Waals surface area contributed by atoms with E-state index in [9.17, 15) is 13.6 Å². The lowest BCUT2D eigenvalue weighted by molar-refractivity contribution is -0.116. The molecule has 0 bridgehead atoms. The van der Waals surface area contributed by atoms with Crippen LogP contribution in [0.2, 0.25) is 0 Å². The molecular formula is C11H11BrF2O2S. The van der Waals surface area contributed by atoms with Crippen LogP contribution in [0, 0.1) is 0 Å². The van der Waals surface area contributed by atoms with Crippen LogP contribution in [0.25, 0.3) is 0 Å². The molecule has 1 aromatic carbocycles. The molecule has 0 amide bonds. The van der Waals surface area contributed by atoms with Gasteiger partial charge in [0.1, 0.15) is 11.5 Å². The molecule has 1 atom stereocenters. The van der Waals surface area contributed by atoms with Gasteiger partial charge in [0.2, 0.25) is 0 Å². The third-order valence-corrected chi connectivity index (χ3v) is 3.99. The number of halogens is 3. The van der Waals surface area contributed by atoms with Gasteiger partial charge in [0.05, 0.1) is 4.83 Å². The summed E-state index contributed by atoms with van der Waals surface area (Å²) in [6, 6.07) is 4.71. The zero-order valence-electron chi connectivity index (χ0n) is 9.25. The van der Waals surface area contributed by atoms with Crippen molar-refractivity contribution < 1.29 is 18.3 Å². The van der Waals surface area contributed by atoms with Crippen molar-refractivity contribution in [2.75, 3.05) is 6.26 Å². The Morgan fingerprint density at radius 2 is 2.12 bits per heavy atom. The Morgan fingerprint density at radius 3 is 2.59 bits per heavy atom. The minimum atomic E-state index is -2.85. The molecule has 0 fully saturated rings. The van der Waals surface area contributed by atoms with Gasteiger partial charge in [-0.05, 0) is 30.9 Å². The van der Waals surface area contributed by atoms with Gasteiger partial charge in [-0.25, -0.2) is 0 Å². The number of benzene rings is 1. The van der Waals surface area contributed by atoms with Crippen LogP contribution in [-0.2, 0) is 4.79 Å². The van der Waals surface area contributed by atoms with Crippen LogP contribution in [0.15, 0.2) is 23.1 Å². The van der Waals surface area contributed by atoms with Gasteiger partial charge in [-0.2, -0.15) is 8.78 Å². The summed E-state index contributed by atoms with van der Waals surface area (Å²) in [6.07, 6.45) is 1.76. The van der Waals surface area contributed by atoms with Crippen molar-refractivity contribution in [3.63, 3.8) is 0 Å². The van der Waals surface area contributed by atoms with Crippen LogP contribution in [-0.4, -0.2) is 18.7 Å². The van der Waals surface area contributed by atoms with Gasteiger partial charge in [-0.1, -0.05) is 22.0 Å². The monoisotopic (exact) mass is 324 g/mol. The summed E-state index contributed by atoms with van der Waals surface area (Å²) in [5.74, 6) is 0.0825. The van der Waals surface area contributed by atoms with E-state index in [4.69, 9.17) is 0 Å². The molecule has 2 nitrogen and oxygen atoms in total. The van der Waals surface area contributed by atoms with E-state index in [0.717, 1.165) is 5.56 Å². The molecule has 0 spiro atoms. The van der Waals surface area contributed by atoms with Gasteiger partial charge >= 0.3 is 6.61 Å².